The van der Waals surface area contributed by atoms with Crippen LogP contribution in [0.2, 0.25) is 0 Å². The minimum atomic E-state index is -0.421. The maximum atomic E-state index is 12.6. The highest BCUT2D eigenvalue weighted by atomic mass is 79.9. The van der Waals surface area contributed by atoms with Gasteiger partial charge in [-0.25, -0.2) is 0 Å². The van der Waals surface area contributed by atoms with E-state index in [1.54, 1.807) is 29.2 Å². The Balaban J connectivity index is 1.56. The van der Waals surface area contributed by atoms with Crippen LogP contribution in [0.1, 0.15) is 18.9 Å². The number of aryl methyl sites for hydroxylation is 1. The Morgan fingerprint density at radius 2 is 1.93 bits per heavy atom. The number of nitrogens with one attached hydrogen (secondary N) is 2. The minimum Gasteiger partial charge on any atom is -0.484 e. The molecule has 2 aromatic carbocycles. The third-order valence-electron chi connectivity index (χ3n) is 4.81. The molecule has 1 aliphatic heterocycles. The van der Waals surface area contributed by atoms with Gasteiger partial charge in [0.15, 0.2) is 6.61 Å². The van der Waals surface area contributed by atoms with Crippen molar-refractivity contribution in [2.75, 3.05) is 29.9 Å². The maximum absolute atomic E-state index is 12.6. The Bertz CT molecular complexity index is 946. The van der Waals surface area contributed by atoms with Crippen molar-refractivity contribution in [3.05, 3.63) is 52.5 Å². The number of anilines is 2. The molecule has 0 aliphatic carbocycles. The van der Waals surface area contributed by atoms with Crippen LogP contribution in [-0.4, -0.2) is 37.4 Å². The smallest absolute Gasteiger partial charge is 0.257 e. The largest absolute Gasteiger partial charge is 0.484 e. The van der Waals surface area contributed by atoms with E-state index in [0.29, 0.717) is 24.5 Å². The molecule has 0 aromatic heterocycles. The first-order valence-electron chi connectivity index (χ1n) is 9.74. The van der Waals surface area contributed by atoms with Crippen LogP contribution >= 0.6 is 15.9 Å². The first-order valence-corrected chi connectivity index (χ1v) is 10.5. The molecule has 1 atom stereocenters. The second-order valence-corrected chi connectivity index (χ2v) is 7.95. The van der Waals surface area contributed by atoms with E-state index in [2.05, 4.69) is 26.6 Å². The Morgan fingerprint density at radius 1 is 1.20 bits per heavy atom. The molecule has 158 valence electrons. The van der Waals surface area contributed by atoms with Crippen LogP contribution in [0, 0.1) is 12.8 Å². The number of benzene rings is 2. The van der Waals surface area contributed by atoms with Crippen molar-refractivity contribution in [3.8, 4) is 5.75 Å². The molecule has 0 bridgehead atoms. The first-order chi connectivity index (χ1) is 14.4. The van der Waals surface area contributed by atoms with Gasteiger partial charge in [0.25, 0.3) is 5.91 Å². The number of nitrogens with zero attached hydrogens (tertiary/aromatic N) is 1. The molecule has 0 saturated carbocycles. The third kappa shape index (κ3) is 5.38. The molecule has 3 amide bonds. The molecule has 3 rings (SSSR count). The summed E-state index contributed by atoms with van der Waals surface area (Å²) < 4.78 is 6.37. The average Bonchev–Trinajstić information content (AvgIpc) is 3.11. The second-order valence-electron chi connectivity index (χ2n) is 7.09. The van der Waals surface area contributed by atoms with E-state index >= 15 is 0 Å². The van der Waals surface area contributed by atoms with Crippen LogP contribution in [0.3, 0.4) is 0 Å². The van der Waals surface area contributed by atoms with E-state index in [4.69, 9.17) is 4.74 Å². The topological polar surface area (TPSA) is 87.7 Å². The molecule has 2 aromatic rings. The van der Waals surface area contributed by atoms with Crippen LogP contribution in [0.4, 0.5) is 11.4 Å². The lowest BCUT2D eigenvalue weighted by Gasteiger charge is -2.18. The molecule has 0 spiro atoms. The number of halogens is 1. The normalized spacial score (nSPS) is 15.8. The van der Waals surface area contributed by atoms with Gasteiger partial charge >= 0.3 is 0 Å². The summed E-state index contributed by atoms with van der Waals surface area (Å²) in [5, 5.41) is 5.50. The summed E-state index contributed by atoms with van der Waals surface area (Å²) >= 11 is 3.46. The lowest BCUT2D eigenvalue weighted by Crippen LogP contribution is -2.28. The van der Waals surface area contributed by atoms with E-state index < -0.39 is 5.92 Å². The second kappa shape index (κ2) is 9.75. The fourth-order valence-electron chi connectivity index (χ4n) is 3.21. The SMILES string of the molecule is CCNC(=O)COc1ccc(NC(=O)C2CC(=O)N(c3ccc(Br)c(C)c3)C2)cc1. The Labute approximate surface area is 183 Å². The predicted octanol–water partition coefficient (Wildman–Crippen LogP) is 3.26. The molecule has 1 saturated heterocycles. The van der Waals surface area contributed by atoms with Gasteiger partial charge < -0.3 is 20.3 Å². The monoisotopic (exact) mass is 473 g/mol. The number of amides is 3. The number of hydrogen-bond acceptors (Lipinski definition) is 4. The fraction of sp³-hybridized carbons (Fsp3) is 0.318. The van der Waals surface area contributed by atoms with Crippen molar-refractivity contribution in [2.45, 2.75) is 20.3 Å². The summed E-state index contributed by atoms with van der Waals surface area (Å²) in [6, 6.07) is 12.5. The minimum absolute atomic E-state index is 0.0604. The molecule has 1 heterocycles. The first kappa shape index (κ1) is 21.8. The zero-order valence-electron chi connectivity index (χ0n) is 16.9. The summed E-state index contributed by atoms with van der Waals surface area (Å²) in [6.45, 7) is 4.64. The van der Waals surface area contributed by atoms with Crippen molar-refractivity contribution >= 4 is 45.0 Å². The number of ether oxygens (including phenoxy) is 1. The molecule has 0 radical (unpaired) electrons. The lowest BCUT2D eigenvalue weighted by atomic mass is 10.1. The summed E-state index contributed by atoms with van der Waals surface area (Å²) in [5.74, 6) is -0.338. The van der Waals surface area contributed by atoms with Gasteiger partial charge in [0.1, 0.15) is 5.75 Å². The number of rotatable bonds is 7. The highest BCUT2D eigenvalue weighted by Gasteiger charge is 2.35. The Kier molecular flexibility index (Phi) is 7.10. The molecule has 1 fully saturated rings. The molecule has 7 nitrogen and oxygen atoms in total. The van der Waals surface area contributed by atoms with Gasteiger partial charge in [-0.2, -0.15) is 0 Å². The van der Waals surface area contributed by atoms with Gasteiger partial charge in [0, 0.05) is 35.4 Å². The molecular weight excluding hydrogens is 450 g/mol. The highest BCUT2D eigenvalue weighted by molar-refractivity contribution is 9.10. The standard InChI is InChI=1S/C22H24BrN3O4/c1-3-24-20(27)13-30-18-7-4-16(5-8-18)25-22(29)15-11-21(28)26(12-15)17-6-9-19(23)14(2)10-17/h4-10,15H,3,11-13H2,1-2H3,(H,24,27)(H,25,29). The van der Waals surface area contributed by atoms with E-state index in [1.807, 2.05) is 32.0 Å². The fourth-order valence-corrected chi connectivity index (χ4v) is 3.45. The van der Waals surface area contributed by atoms with E-state index in [0.717, 1.165) is 15.7 Å². The molecule has 30 heavy (non-hydrogen) atoms. The zero-order chi connectivity index (χ0) is 21.7. The number of carbonyl (C=O) groups excluding carboxylic acids is 3. The summed E-state index contributed by atoms with van der Waals surface area (Å²) in [6.07, 6.45) is 0.175. The van der Waals surface area contributed by atoms with E-state index in [-0.39, 0.29) is 30.7 Å². The van der Waals surface area contributed by atoms with Gasteiger partial charge in [-0.1, -0.05) is 15.9 Å². The Hall–Kier alpha value is -2.87. The van der Waals surface area contributed by atoms with Crippen LogP contribution in [0.5, 0.6) is 5.75 Å². The van der Waals surface area contributed by atoms with Crippen molar-refractivity contribution < 1.29 is 19.1 Å². The van der Waals surface area contributed by atoms with Crippen molar-refractivity contribution in [3.63, 3.8) is 0 Å². The van der Waals surface area contributed by atoms with Gasteiger partial charge in [-0.3, -0.25) is 14.4 Å². The zero-order valence-corrected chi connectivity index (χ0v) is 18.5. The highest BCUT2D eigenvalue weighted by Crippen LogP contribution is 2.29. The lowest BCUT2D eigenvalue weighted by molar-refractivity contribution is -0.123. The predicted molar refractivity (Wildman–Crippen MR) is 119 cm³/mol. The Morgan fingerprint density at radius 3 is 2.60 bits per heavy atom. The summed E-state index contributed by atoms with van der Waals surface area (Å²) in [7, 11) is 0. The van der Waals surface area contributed by atoms with E-state index in [9.17, 15) is 14.4 Å². The van der Waals surface area contributed by atoms with Crippen LogP contribution in [0.25, 0.3) is 0 Å². The number of carbonyl (C=O) groups is 3. The van der Waals surface area contributed by atoms with E-state index in [1.165, 1.54) is 0 Å². The quantitative estimate of drug-likeness (QED) is 0.645. The van der Waals surface area contributed by atoms with Crippen molar-refractivity contribution in [1.29, 1.82) is 0 Å². The number of hydrogen-bond donors (Lipinski definition) is 2. The van der Waals surface area contributed by atoms with Gasteiger partial charge in [0.2, 0.25) is 11.8 Å². The van der Waals surface area contributed by atoms with Gasteiger partial charge in [-0.05, 0) is 61.9 Å². The third-order valence-corrected chi connectivity index (χ3v) is 5.70. The molecule has 1 unspecified atom stereocenters. The number of likely N-dealkylation sites (N-methyl/N-ethyl adjacent to an activating group) is 1. The molecule has 1 aliphatic rings. The van der Waals surface area contributed by atoms with Crippen LogP contribution in [-0.2, 0) is 14.4 Å². The molecule has 2 N–H and O–H groups in total. The molecule has 8 heteroatoms. The van der Waals surface area contributed by atoms with Crippen molar-refractivity contribution in [1.82, 2.24) is 5.32 Å². The summed E-state index contributed by atoms with van der Waals surface area (Å²) in [4.78, 5) is 38.2. The average molecular weight is 474 g/mol. The summed E-state index contributed by atoms with van der Waals surface area (Å²) in [5.41, 5.74) is 2.43. The van der Waals surface area contributed by atoms with Gasteiger partial charge in [-0.15, -0.1) is 0 Å². The van der Waals surface area contributed by atoms with Crippen LogP contribution in [0.15, 0.2) is 46.9 Å². The van der Waals surface area contributed by atoms with Crippen molar-refractivity contribution in [2.24, 2.45) is 5.92 Å². The van der Waals surface area contributed by atoms with Gasteiger partial charge in [0.05, 0.1) is 5.92 Å². The van der Waals surface area contributed by atoms with Crippen LogP contribution < -0.4 is 20.3 Å². The maximum Gasteiger partial charge on any atom is 0.257 e. The molecular formula is C22H24BrN3O4.